The summed E-state index contributed by atoms with van der Waals surface area (Å²) in [5, 5.41) is 11.2. The van der Waals surface area contributed by atoms with Crippen molar-refractivity contribution in [2.45, 2.75) is 0 Å². The van der Waals surface area contributed by atoms with E-state index in [9.17, 15) is 9.18 Å². The van der Waals surface area contributed by atoms with Crippen LogP contribution in [0.15, 0.2) is 30.7 Å². The molecule has 6 nitrogen and oxygen atoms in total. The number of amides is 2. The molecule has 0 fully saturated rings. The first kappa shape index (κ1) is 10.1. The summed E-state index contributed by atoms with van der Waals surface area (Å²) in [4.78, 5) is 15.0. The molecule has 2 aromatic heterocycles. The molecule has 7 heteroatoms. The number of aromatic nitrogens is 3. The normalized spacial score (nSPS) is 9.81. The van der Waals surface area contributed by atoms with Gasteiger partial charge in [0.05, 0.1) is 18.1 Å². The molecule has 0 aromatic carbocycles. The van der Waals surface area contributed by atoms with Gasteiger partial charge >= 0.3 is 6.03 Å². The van der Waals surface area contributed by atoms with Crippen LogP contribution < -0.4 is 10.6 Å². The van der Waals surface area contributed by atoms with E-state index < -0.39 is 11.8 Å². The third-order valence-electron chi connectivity index (χ3n) is 1.73. The summed E-state index contributed by atoms with van der Waals surface area (Å²) in [7, 11) is 0. The number of aromatic amines is 1. The lowest BCUT2D eigenvalue weighted by atomic mass is 10.4. The highest BCUT2D eigenvalue weighted by Crippen LogP contribution is 2.05. The Morgan fingerprint density at radius 3 is 2.81 bits per heavy atom. The fraction of sp³-hybridized carbons (Fsp3) is 0. The molecule has 3 N–H and O–H groups in total. The van der Waals surface area contributed by atoms with Crippen LogP contribution in [-0.2, 0) is 0 Å². The standard InChI is InChI=1S/C9H8FN5O/c10-6-1-2-8(11-3-6)15-9(16)14-7-4-12-13-5-7/h1-5H,(H,12,13)(H2,11,14,15,16). The van der Waals surface area contributed by atoms with Crippen LogP contribution in [0.1, 0.15) is 0 Å². The molecule has 0 aliphatic heterocycles. The van der Waals surface area contributed by atoms with Gasteiger partial charge in [0.15, 0.2) is 0 Å². The third kappa shape index (κ3) is 2.53. The Balaban J connectivity index is 1.95. The Kier molecular flexibility index (Phi) is 2.77. The van der Waals surface area contributed by atoms with Crippen molar-refractivity contribution in [3.63, 3.8) is 0 Å². The predicted molar refractivity (Wildman–Crippen MR) is 55.4 cm³/mol. The Morgan fingerprint density at radius 1 is 1.31 bits per heavy atom. The zero-order chi connectivity index (χ0) is 11.4. The van der Waals surface area contributed by atoms with Crippen LogP contribution in [-0.4, -0.2) is 21.2 Å². The van der Waals surface area contributed by atoms with Gasteiger partial charge in [0, 0.05) is 6.20 Å². The second kappa shape index (κ2) is 4.39. The molecule has 0 atom stereocenters. The molecule has 2 heterocycles. The minimum atomic E-state index is -0.472. The molecule has 0 aliphatic rings. The summed E-state index contributed by atoms with van der Waals surface area (Å²) in [6, 6.07) is 2.10. The number of nitrogens with zero attached hydrogens (tertiary/aromatic N) is 2. The fourth-order valence-electron chi connectivity index (χ4n) is 1.05. The largest absolute Gasteiger partial charge is 0.324 e. The minimum absolute atomic E-state index is 0.266. The lowest BCUT2D eigenvalue weighted by molar-refractivity contribution is 0.262. The number of hydrogen-bond donors (Lipinski definition) is 3. The van der Waals surface area contributed by atoms with Crippen LogP contribution in [0.25, 0.3) is 0 Å². The number of anilines is 2. The first-order chi connectivity index (χ1) is 7.74. The molecule has 82 valence electrons. The number of urea groups is 1. The Bertz CT molecular complexity index is 467. The first-order valence-electron chi connectivity index (χ1n) is 4.42. The van der Waals surface area contributed by atoms with Crippen molar-refractivity contribution in [3.05, 3.63) is 36.5 Å². The van der Waals surface area contributed by atoms with E-state index in [0.29, 0.717) is 5.69 Å². The molecule has 0 spiro atoms. The number of rotatable bonds is 2. The van der Waals surface area contributed by atoms with Crippen molar-refractivity contribution < 1.29 is 9.18 Å². The maximum absolute atomic E-state index is 12.5. The van der Waals surface area contributed by atoms with Gasteiger partial charge in [-0.3, -0.25) is 10.4 Å². The predicted octanol–water partition coefficient (Wildman–Crippen LogP) is 1.59. The summed E-state index contributed by atoms with van der Waals surface area (Å²) in [6.45, 7) is 0. The van der Waals surface area contributed by atoms with Crippen molar-refractivity contribution in [3.8, 4) is 0 Å². The lowest BCUT2D eigenvalue weighted by Crippen LogP contribution is -2.19. The monoisotopic (exact) mass is 221 g/mol. The van der Waals surface area contributed by atoms with E-state index in [1.165, 1.54) is 24.5 Å². The number of halogens is 1. The van der Waals surface area contributed by atoms with Crippen LogP contribution in [0.3, 0.4) is 0 Å². The zero-order valence-electron chi connectivity index (χ0n) is 8.07. The smallest absolute Gasteiger partial charge is 0.305 e. The van der Waals surface area contributed by atoms with Gasteiger partial charge in [0.25, 0.3) is 0 Å². The average molecular weight is 221 g/mol. The number of carbonyl (C=O) groups excluding carboxylic acids is 1. The highest BCUT2D eigenvalue weighted by atomic mass is 19.1. The number of H-pyrrole nitrogens is 1. The number of nitrogens with one attached hydrogen (secondary N) is 3. The second-order valence-electron chi connectivity index (χ2n) is 2.93. The van der Waals surface area contributed by atoms with E-state index in [1.54, 1.807) is 0 Å². The summed E-state index contributed by atoms with van der Waals surface area (Å²) >= 11 is 0. The van der Waals surface area contributed by atoms with E-state index in [2.05, 4.69) is 25.8 Å². The van der Waals surface area contributed by atoms with Crippen LogP contribution in [0.4, 0.5) is 20.7 Å². The van der Waals surface area contributed by atoms with Crippen molar-refractivity contribution in [1.82, 2.24) is 15.2 Å². The number of carbonyl (C=O) groups is 1. The van der Waals surface area contributed by atoms with Gasteiger partial charge in [0.2, 0.25) is 0 Å². The average Bonchev–Trinajstić information content (AvgIpc) is 2.74. The second-order valence-corrected chi connectivity index (χ2v) is 2.93. The molecule has 0 unspecified atom stereocenters. The Morgan fingerprint density at radius 2 is 2.19 bits per heavy atom. The number of hydrogen-bond acceptors (Lipinski definition) is 3. The molecular weight excluding hydrogens is 213 g/mol. The van der Waals surface area contributed by atoms with Crippen LogP contribution in [0.5, 0.6) is 0 Å². The molecule has 0 aliphatic carbocycles. The summed E-state index contributed by atoms with van der Waals surface area (Å²) in [6.07, 6.45) is 4.00. The topological polar surface area (TPSA) is 82.7 Å². The van der Waals surface area contributed by atoms with Gasteiger partial charge in [-0.15, -0.1) is 0 Å². The van der Waals surface area contributed by atoms with Gasteiger partial charge in [-0.25, -0.2) is 14.2 Å². The molecule has 0 saturated heterocycles. The first-order valence-corrected chi connectivity index (χ1v) is 4.42. The SMILES string of the molecule is O=C(Nc1cn[nH]c1)Nc1ccc(F)cn1. The maximum atomic E-state index is 12.5. The van der Waals surface area contributed by atoms with Gasteiger partial charge in [-0.05, 0) is 12.1 Å². The van der Waals surface area contributed by atoms with E-state index in [0.717, 1.165) is 6.20 Å². The summed E-state index contributed by atoms with van der Waals surface area (Å²) in [5.41, 5.74) is 0.527. The Hall–Kier alpha value is -2.44. The van der Waals surface area contributed by atoms with E-state index in [1.807, 2.05) is 0 Å². The maximum Gasteiger partial charge on any atom is 0.324 e. The quantitative estimate of drug-likeness (QED) is 0.720. The van der Waals surface area contributed by atoms with Crippen molar-refractivity contribution in [2.75, 3.05) is 10.6 Å². The van der Waals surface area contributed by atoms with E-state index in [4.69, 9.17) is 0 Å². The summed E-state index contributed by atoms with van der Waals surface area (Å²) < 4.78 is 12.5. The molecule has 0 radical (unpaired) electrons. The van der Waals surface area contributed by atoms with Gasteiger partial charge < -0.3 is 5.32 Å². The molecular formula is C9H8FN5O. The third-order valence-corrected chi connectivity index (χ3v) is 1.73. The van der Waals surface area contributed by atoms with Crippen molar-refractivity contribution in [2.24, 2.45) is 0 Å². The zero-order valence-corrected chi connectivity index (χ0v) is 8.07. The van der Waals surface area contributed by atoms with Crippen LogP contribution in [0.2, 0.25) is 0 Å². The minimum Gasteiger partial charge on any atom is -0.305 e. The molecule has 16 heavy (non-hydrogen) atoms. The van der Waals surface area contributed by atoms with Gasteiger partial charge in [-0.1, -0.05) is 0 Å². The molecule has 0 saturated carbocycles. The van der Waals surface area contributed by atoms with E-state index >= 15 is 0 Å². The fourth-order valence-corrected chi connectivity index (χ4v) is 1.05. The van der Waals surface area contributed by atoms with Gasteiger partial charge in [-0.2, -0.15) is 5.10 Å². The Labute approximate surface area is 89.9 Å². The van der Waals surface area contributed by atoms with Crippen molar-refractivity contribution >= 4 is 17.5 Å². The molecule has 2 aromatic rings. The van der Waals surface area contributed by atoms with E-state index in [-0.39, 0.29) is 5.82 Å². The van der Waals surface area contributed by atoms with Crippen molar-refractivity contribution in [1.29, 1.82) is 0 Å². The number of pyridine rings is 1. The highest BCUT2D eigenvalue weighted by molar-refractivity contribution is 5.98. The van der Waals surface area contributed by atoms with Crippen LogP contribution in [0, 0.1) is 5.82 Å². The molecule has 0 bridgehead atoms. The van der Waals surface area contributed by atoms with Crippen LogP contribution >= 0.6 is 0 Å². The van der Waals surface area contributed by atoms with Gasteiger partial charge in [0.1, 0.15) is 11.6 Å². The lowest BCUT2D eigenvalue weighted by Gasteiger charge is -2.04. The highest BCUT2D eigenvalue weighted by Gasteiger charge is 2.03. The molecule has 2 amide bonds. The molecule has 2 rings (SSSR count). The summed E-state index contributed by atoms with van der Waals surface area (Å²) in [5.74, 6) is -0.191.